The first-order chi connectivity index (χ1) is 12.1. The van der Waals surface area contributed by atoms with Gasteiger partial charge in [0.1, 0.15) is 0 Å². The van der Waals surface area contributed by atoms with Crippen LogP contribution in [0.15, 0.2) is 57.7 Å². The number of benzene rings is 1. The summed E-state index contributed by atoms with van der Waals surface area (Å²) in [7, 11) is 0. The van der Waals surface area contributed by atoms with E-state index in [2.05, 4.69) is 36.2 Å². The Balaban J connectivity index is 1.63. The van der Waals surface area contributed by atoms with Crippen molar-refractivity contribution >= 4 is 56.1 Å². The summed E-state index contributed by atoms with van der Waals surface area (Å²) in [6.07, 6.45) is 8.38. The molecular weight excluding hydrogens is 420 g/mol. The average Bonchev–Trinajstić information content (AvgIpc) is 3.09. The maximum Gasteiger partial charge on any atom is 0.250 e. The fourth-order valence-corrected chi connectivity index (χ4v) is 3.22. The third-order valence-corrected chi connectivity index (χ3v) is 4.99. The minimum atomic E-state index is -0.245. The first-order valence-corrected chi connectivity index (χ1v) is 10.1. The third-order valence-electron chi connectivity index (χ3n) is 3.13. The first kappa shape index (κ1) is 17.8. The van der Waals surface area contributed by atoms with Crippen LogP contribution in [0.1, 0.15) is 5.56 Å². The summed E-state index contributed by atoms with van der Waals surface area (Å²) in [6, 6.07) is 7.87. The number of aromatic nitrogens is 3. The van der Waals surface area contributed by atoms with Gasteiger partial charge in [0.05, 0.1) is 5.69 Å². The Kier molecular flexibility index (Phi) is 5.95. The van der Waals surface area contributed by atoms with E-state index in [0.29, 0.717) is 10.3 Å². The highest BCUT2D eigenvalue weighted by Crippen LogP contribution is 2.26. The summed E-state index contributed by atoms with van der Waals surface area (Å²) in [5.74, 6) is -0.245. The fourth-order valence-electron chi connectivity index (χ4n) is 1.92. The topological polar surface area (TPSA) is 67.8 Å². The van der Waals surface area contributed by atoms with Gasteiger partial charge in [-0.2, -0.15) is 0 Å². The van der Waals surface area contributed by atoms with E-state index in [1.54, 1.807) is 18.5 Å². The average molecular weight is 433 g/mol. The van der Waals surface area contributed by atoms with Crippen molar-refractivity contribution in [2.45, 2.75) is 5.16 Å². The van der Waals surface area contributed by atoms with Crippen molar-refractivity contribution in [1.82, 2.24) is 15.0 Å². The number of hydrogen-bond acceptors (Lipinski definition) is 6. The highest BCUT2D eigenvalue weighted by Gasteiger charge is 2.06. The number of rotatable bonds is 5. The molecule has 0 saturated carbocycles. The molecule has 1 aromatic carbocycles. The van der Waals surface area contributed by atoms with Crippen molar-refractivity contribution in [2.75, 3.05) is 11.6 Å². The lowest BCUT2D eigenvalue weighted by Gasteiger charge is -1.98. The molecule has 3 aromatic rings. The molecule has 5 nitrogen and oxygen atoms in total. The molecule has 1 N–H and O–H groups in total. The Morgan fingerprint density at radius 2 is 1.96 bits per heavy atom. The number of carbonyl (C=O) groups is 1. The number of hydrogen-bond donors (Lipinski definition) is 1. The lowest BCUT2D eigenvalue weighted by Crippen LogP contribution is -2.07. The van der Waals surface area contributed by atoms with Crippen molar-refractivity contribution in [3.05, 3.63) is 58.2 Å². The van der Waals surface area contributed by atoms with Gasteiger partial charge in [-0.05, 0) is 24.5 Å². The molecule has 0 aliphatic heterocycles. The molecular formula is C17H13BrN4OS2. The highest BCUT2D eigenvalue weighted by molar-refractivity contribution is 9.10. The van der Waals surface area contributed by atoms with Crippen LogP contribution in [0.4, 0.5) is 5.13 Å². The van der Waals surface area contributed by atoms with Crippen LogP contribution in [-0.4, -0.2) is 27.1 Å². The van der Waals surface area contributed by atoms with E-state index >= 15 is 0 Å². The van der Waals surface area contributed by atoms with E-state index in [9.17, 15) is 4.79 Å². The van der Waals surface area contributed by atoms with Crippen LogP contribution in [0.2, 0.25) is 0 Å². The Morgan fingerprint density at radius 3 is 2.64 bits per heavy atom. The normalized spacial score (nSPS) is 11.0. The largest absolute Gasteiger partial charge is 0.298 e. The summed E-state index contributed by atoms with van der Waals surface area (Å²) in [5, 5.41) is 5.93. The van der Waals surface area contributed by atoms with Crippen LogP contribution in [0.5, 0.6) is 0 Å². The predicted octanol–water partition coefficient (Wildman–Crippen LogP) is 4.74. The standard InChI is InChI=1S/C17H13BrN4OS2/c1-24-16-19-8-11(9-20-16)2-7-15(23)22-17-21-14(10-25-17)12-3-5-13(18)6-4-12/h2-10H,1H3,(H,21,22,23)/b7-2+. The first-order valence-electron chi connectivity index (χ1n) is 7.20. The van der Waals surface area contributed by atoms with Crippen molar-refractivity contribution in [3.63, 3.8) is 0 Å². The van der Waals surface area contributed by atoms with E-state index in [-0.39, 0.29) is 5.91 Å². The zero-order valence-corrected chi connectivity index (χ0v) is 16.4. The minimum Gasteiger partial charge on any atom is -0.298 e. The van der Waals surface area contributed by atoms with Gasteiger partial charge >= 0.3 is 0 Å². The van der Waals surface area contributed by atoms with Crippen LogP contribution in [0.25, 0.3) is 17.3 Å². The van der Waals surface area contributed by atoms with Gasteiger partial charge in [0, 0.05) is 39.4 Å². The molecule has 0 bridgehead atoms. The lowest BCUT2D eigenvalue weighted by molar-refractivity contribution is -0.111. The Hall–Kier alpha value is -2.03. The molecule has 0 atom stereocenters. The van der Waals surface area contributed by atoms with Crippen LogP contribution in [0, 0.1) is 0 Å². The second-order valence-corrected chi connectivity index (χ2v) is 7.42. The summed E-state index contributed by atoms with van der Waals surface area (Å²) >= 11 is 6.27. The third kappa shape index (κ3) is 4.97. The molecule has 0 saturated heterocycles. The monoisotopic (exact) mass is 432 g/mol. The summed E-state index contributed by atoms with van der Waals surface area (Å²) in [4.78, 5) is 24.8. The maximum absolute atomic E-state index is 12.0. The smallest absolute Gasteiger partial charge is 0.250 e. The van der Waals surface area contributed by atoms with Gasteiger partial charge in [-0.25, -0.2) is 15.0 Å². The van der Waals surface area contributed by atoms with Gasteiger partial charge in [0.15, 0.2) is 10.3 Å². The van der Waals surface area contributed by atoms with Gasteiger partial charge < -0.3 is 0 Å². The molecule has 0 fully saturated rings. The van der Waals surface area contributed by atoms with Crippen LogP contribution >= 0.6 is 39.0 Å². The van der Waals surface area contributed by atoms with Crippen molar-refractivity contribution in [1.29, 1.82) is 0 Å². The second-order valence-electron chi connectivity index (χ2n) is 4.87. The molecule has 0 radical (unpaired) electrons. The molecule has 0 aliphatic rings. The van der Waals surface area contributed by atoms with Gasteiger partial charge in [0.25, 0.3) is 0 Å². The van der Waals surface area contributed by atoms with E-state index in [0.717, 1.165) is 21.3 Å². The quantitative estimate of drug-likeness (QED) is 0.358. The van der Waals surface area contributed by atoms with Crippen LogP contribution in [0.3, 0.4) is 0 Å². The number of anilines is 1. The Bertz CT molecular complexity index is 892. The van der Waals surface area contributed by atoms with Crippen molar-refractivity contribution in [2.24, 2.45) is 0 Å². The summed E-state index contributed by atoms with van der Waals surface area (Å²) < 4.78 is 1.01. The molecule has 3 rings (SSSR count). The number of amides is 1. The molecule has 0 unspecified atom stereocenters. The van der Waals surface area contributed by atoms with Crippen LogP contribution in [-0.2, 0) is 4.79 Å². The van der Waals surface area contributed by atoms with Crippen molar-refractivity contribution < 1.29 is 4.79 Å². The molecule has 0 spiro atoms. The molecule has 0 aliphatic carbocycles. The van der Waals surface area contributed by atoms with Crippen LogP contribution < -0.4 is 5.32 Å². The second kappa shape index (κ2) is 8.37. The molecule has 126 valence electrons. The number of carbonyl (C=O) groups excluding carboxylic acids is 1. The van der Waals surface area contributed by atoms with E-state index < -0.39 is 0 Å². The van der Waals surface area contributed by atoms with Gasteiger partial charge in [0.2, 0.25) is 5.91 Å². The summed E-state index contributed by atoms with van der Waals surface area (Å²) in [5.41, 5.74) is 2.60. The SMILES string of the molecule is CSc1ncc(/C=C/C(=O)Nc2nc(-c3ccc(Br)cc3)cs2)cn1. The van der Waals surface area contributed by atoms with E-state index in [1.165, 1.54) is 29.2 Å². The van der Waals surface area contributed by atoms with Crippen molar-refractivity contribution in [3.8, 4) is 11.3 Å². The summed E-state index contributed by atoms with van der Waals surface area (Å²) in [6.45, 7) is 0. The van der Waals surface area contributed by atoms with Gasteiger partial charge in [-0.1, -0.05) is 39.8 Å². The fraction of sp³-hybridized carbons (Fsp3) is 0.0588. The maximum atomic E-state index is 12.0. The Morgan fingerprint density at radius 1 is 1.24 bits per heavy atom. The minimum absolute atomic E-state index is 0.245. The Labute approximate surface area is 161 Å². The van der Waals surface area contributed by atoms with Gasteiger partial charge in [-0.3, -0.25) is 10.1 Å². The lowest BCUT2D eigenvalue weighted by atomic mass is 10.2. The van der Waals surface area contributed by atoms with E-state index in [4.69, 9.17) is 0 Å². The number of nitrogens with zero attached hydrogens (tertiary/aromatic N) is 3. The molecule has 25 heavy (non-hydrogen) atoms. The predicted molar refractivity (Wildman–Crippen MR) is 107 cm³/mol. The van der Waals surface area contributed by atoms with E-state index in [1.807, 2.05) is 35.9 Å². The number of nitrogens with one attached hydrogen (secondary N) is 1. The number of thiazole rings is 1. The number of halogens is 1. The molecule has 2 heterocycles. The zero-order chi connectivity index (χ0) is 17.6. The zero-order valence-electron chi connectivity index (χ0n) is 13.1. The molecule has 1 amide bonds. The molecule has 2 aromatic heterocycles. The number of thioether (sulfide) groups is 1. The molecule has 8 heteroatoms. The van der Waals surface area contributed by atoms with Gasteiger partial charge in [-0.15, -0.1) is 11.3 Å². The highest BCUT2D eigenvalue weighted by atomic mass is 79.9.